The fourth-order valence-electron chi connectivity index (χ4n) is 4.26. The number of nitrogens with two attached hydrogens (primary N) is 1. The van der Waals surface area contributed by atoms with Crippen LogP contribution in [0, 0.1) is 0 Å². The molecular weight excluding hydrogens is 434 g/mol. The second-order valence-electron chi connectivity index (χ2n) is 9.02. The topological polar surface area (TPSA) is 101 Å². The van der Waals surface area contributed by atoms with Crippen molar-refractivity contribution in [3.63, 3.8) is 0 Å². The Labute approximate surface area is 203 Å². The number of methoxy groups -OCH3 is 1. The lowest BCUT2D eigenvalue weighted by Crippen LogP contribution is -2.57. The second-order valence-corrected chi connectivity index (χ2v) is 9.02. The van der Waals surface area contributed by atoms with Crippen LogP contribution in [-0.2, 0) is 21.0 Å². The first-order valence-corrected chi connectivity index (χ1v) is 12.0. The maximum Gasteiger partial charge on any atom is 0.243 e. The molecule has 1 aliphatic rings. The Kier molecular flexibility index (Phi) is 10.8. The molecule has 1 saturated heterocycles. The van der Waals surface area contributed by atoms with Crippen LogP contribution in [0.3, 0.4) is 0 Å². The normalized spacial score (nSPS) is 19.3. The van der Waals surface area contributed by atoms with Crippen molar-refractivity contribution in [1.82, 2.24) is 14.7 Å². The average molecular weight is 476 g/mol. The van der Waals surface area contributed by atoms with Crippen LogP contribution in [0.4, 0.5) is 0 Å². The summed E-state index contributed by atoms with van der Waals surface area (Å²) >= 11 is 0. The van der Waals surface area contributed by atoms with Crippen molar-refractivity contribution in [3.05, 3.63) is 29.8 Å². The largest absolute Gasteiger partial charge is 0.497 e. The van der Waals surface area contributed by atoms with Crippen molar-refractivity contribution in [2.75, 3.05) is 53.9 Å². The fraction of sp³-hybridized carbons (Fsp3) is 0.640. The lowest BCUT2D eigenvalue weighted by Gasteiger charge is -2.36. The molecule has 1 aromatic carbocycles. The summed E-state index contributed by atoms with van der Waals surface area (Å²) in [5, 5.41) is 4.31. The number of nitrogens with zero attached hydrogens (tertiary/aromatic N) is 4. The van der Waals surface area contributed by atoms with Crippen molar-refractivity contribution in [1.29, 1.82) is 0 Å². The number of primary amides is 1. The predicted octanol–water partition coefficient (Wildman–Crippen LogP) is 2.10. The summed E-state index contributed by atoms with van der Waals surface area (Å²) in [5.41, 5.74) is 6.47. The number of amides is 2. The number of oxime groups is 1. The van der Waals surface area contributed by atoms with Crippen LogP contribution in [0.25, 0.3) is 0 Å². The first kappa shape index (κ1) is 27.6. The van der Waals surface area contributed by atoms with Crippen LogP contribution in [0.15, 0.2) is 29.4 Å². The van der Waals surface area contributed by atoms with Gasteiger partial charge in [0.15, 0.2) is 0 Å². The van der Waals surface area contributed by atoms with E-state index in [0.717, 1.165) is 30.9 Å². The Hall–Kier alpha value is -2.65. The standard InChI is InChI=1S/C25H41N5O4/c1-6-29(7-2)16-14-25(24(26)32)17-21(18-30(25)23(31)9-8-15-28(3)4)27-34-19-20-10-12-22(33-5)13-11-20/h10-13H,6-9,14-19H2,1-5H3,(H2,26,32). The maximum absolute atomic E-state index is 13.2. The molecule has 2 amide bonds. The Bertz CT molecular complexity index is 823. The van der Waals surface area contributed by atoms with Crippen LogP contribution >= 0.6 is 0 Å². The van der Waals surface area contributed by atoms with Gasteiger partial charge in [-0.25, -0.2) is 0 Å². The van der Waals surface area contributed by atoms with E-state index in [4.69, 9.17) is 15.3 Å². The predicted molar refractivity (Wildman–Crippen MR) is 134 cm³/mol. The van der Waals surface area contributed by atoms with Crippen molar-refractivity contribution < 1.29 is 19.2 Å². The molecule has 0 radical (unpaired) electrons. The molecule has 0 saturated carbocycles. The third kappa shape index (κ3) is 7.43. The van der Waals surface area contributed by atoms with Gasteiger partial charge in [-0.05, 0) is 64.3 Å². The monoisotopic (exact) mass is 475 g/mol. The van der Waals surface area contributed by atoms with Crippen molar-refractivity contribution in [3.8, 4) is 5.75 Å². The quantitative estimate of drug-likeness (QED) is 0.414. The number of benzene rings is 1. The van der Waals surface area contributed by atoms with E-state index in [1.54, 1.807) is 12.0 Å². The number of likely N-dealkylation sites (tertiary alicyclic amines) is 1. The number of hydrogen-bond donors (Lipinski definition) is 1. The molecule has 9 nitrogen and oxygen atoms in total. The number of ether oxygens (including phenoxy) is 1. The highest BCUT2D eigenvalue weighted by Gasteiger charge is 2.51. The minimum Gasteiger partial charge on any atom is -0.497 e. The van der Waals surface area contributed by atoms with Crippen LogP contribution in [-0.4, -0.2) is 91.7 Å². The summed E-state index contributed by atoms with van der Waals surface area (Å²) in [6.07, 6.45) is 1.85. The third-order valence-corrected chi connectivity index (χ3v) is 6.43. The van der Waals surface area contributed by atoms with Gasteiger partial charge in [-0.1, -0.05) is 31.1 Å². The molecule has 1 aromatic rings. The van der Waals surface area contributed by atoms with E-state index in [0.29, 0.717) is 37.9 Å². The van der Waals surface area contributed by atoms with E-state index in [2.05, 4.69) is 23.9 Å². The fourth-order valence-corrected chi connectivity index (χ4v) is 4.26. The molecule has 0 bridgehead atoms. The molecule has 0 aromatic heterocycles. The van der Waals surface area contributed by atoms with Crippen molar-refractivity contribution in [2.45, 2.75) is 51.7 Å². The zero-order chi connectivity index (χ0) is 25.1. The van der Waals surface area contributed by atoms with E-state index in [1.807, 2.05) is 43.3 Å². The first-order valence-electron chi connectivity index (χ1n) is 12.0. The Morgan fingerprint density at radius 3 is 2.38 bits per heavy atom. The zero-order valence-corrected chi connectivity index (χ0v) is 21.4. The van der Waals surface area contributed by atoms with E-state index in [-0.39, 0.29) is 19.1 Å². The Balaban J connectivity index is 2.17. The van der Waals surface area contributed by atoms with Gasteiger partial charge in [0.2, 0.25) is 11.8 Å². The van der Waals surface area contributed by atoms with Gasteiger partial charge in [0, 0.05) is 19.4 Å². The minimum atomic E-state index is -1.08. The van der Waals surface area contributed by atoms with Gasteiger partial charge in [0.05, 0.1) is 19.4 Å². The summed E-state index contributed by atoms with van der Waals surface area (Å²) in [5.74, 6) is 0.218. The molecule has 1 aliphatic heterocycles. The molecule has 1 unspecified atom stereocenters. The maximum atomic E-state index is 13.2. The molecule has 1 heterocycles. The average Bonchev–Trinajstić information content (AvgIpc) is 3.20. The second kappa shape index (κ2) is 13.3. The molecule has 9 heteroatoms. The molecule has 190 valence electrons. The first-order chi connectivity index (χ1) is 16.2. The molecule has 1 atom stereocenters. The highest BCUT2D eigenvalue weighted by Crippen LogP contribution is 2.33. The highest BCUT2D eigenvalue weighted by atomic mass is 16.6. The van der Waals surface area contributed by atoms with Crippen LogP contribution in [0.1, 0.15) is 45.1 Å². The molecule has 2 N–H and O–H groups in total. The van der Waals surface area contributed by atoms with Gasteiger partial charge in [0.1, 0.15) is 17.9 Å². The van der Waals surface area contributed by atoms with Crippen molar-refractivity contribution >= 4 is 17.5 Å². The lowest BCUT2D eigenvalue weighted by molar-refractivity contribution is -0.144. The van der Waals surface area contributed by atoms with Gasteiger partial charge in [0.25, 0.3) is 0 Å². The summed E-state index contributed by atoms with van der Waals surface area (Å²) in [6.45, 7) is 7.92. The van der Waals surface area contributed by atoms with E-state index in [1.165, 1.54) is 0 Å². The molecule has 0 spiro atoms. The molecule has 2 rings (SSSR count). The summed E-state index contributed by atoms with van der Waals surface area (Å²) < 4.78 is 5.18. The van der Waals surface area contributed by atoms with Crippen LogP contribution in [0.5, 0.6) is 5.75 Å². The van der Waals surface area contributed by atoms with Gasteiger partial charge in [-0.15, -0.1) is 0 Å². The Morgan fingerprint density at radius 1 is 1.15 bits per heavy atom. The summed E-state index contributed by atoms with van der Waals surface area (Å²) in [7, 11) is 5.57. The Morgan fingerprint density at radius 2 is 1.82 bits per heavy atom. The smallest absolute Gasteiger partial charge is 0.243 e. The molecule has 34 heavy (non-hydrogen) atoms. The van der Waals surface area contributed by atoms with Gasteiger partial charge in [-0.3, -0.25) is 9.59 Å². The number of carbonyl (C=O) groups is 2. The lowest BCUT2D eigenvalue weighted by atomic mass is 9.89. The number of hydrogen-bond acceptors (Lipinski definition) is 7. The zero-order valence-electron chi connectivity index (χ0n) is 21.4. The summed E-state index contributed by atoms with van der Waals surface area (Å²) in [4.78, 5) is 37.5. The SMILES string of the molecule is CCN(CC)CCC1(C(N)=O)CC(=NOCc2ccc(OC)cc2)CN1C(=O)CCCN(C)C. The minimum absolute atomic E-state index is 0.0689. The molecule has 0 aliphatic carbocycles. The number of rotatable bonds is 14. The highest BCUT2D eigenvalue weighted by molar-refractivity contribution is 6.03. The summed E-state index contributed by atoms with van der Waals surface area (Å²) in [6, 6.07) is 7.54. The number of carbonyl (C=O) groups excluding carboxylic acids is 2. The third-order valence-electron chi connectivity index (χ3n) is 6.43. The molecule has 1 fully saturated rings. The van der Waals surface area contributed by atoms with E-state index < -0.39 is 11.4 Å². The van der Waals surface area contributed by atoms with Crippen LogP contribution in [0.2, 0.25) is 0 Å². The van der Waals surface area contributed by atoms with Gasteiger partial charge in [-0.2, -0.15) is 0 Å². The van der Waals surface area contributed by atoms with E-state index >= 15 is 0 Å². The van der Waals surface area contributed by atoms with Crippen LogP contribution < -0.4 is 10.5 Å². The van der Waals surface area contributed by atoms with Crippen molar-refractivity contribution in [2.24, 2.45) is 10.9 Å². The van der Waals surface area contributed by atoms with Gasteiger partial charge < -0.3 is 30.0 Å². The van der Waals surface area contributed by atoms with E-state index in [9.17, 15) is 9.59 Å². The van der Waals surface area contributed by atoms with Gasteiger partial charge >= 0.3 is 0 Å². The molecular formula is C25H41N5O4.